The number of hydrogen-bond donors (Lipinski definition) is 0. The molecule has 0 aliphatic carbocycles. The van der Waals surface area contributed by atoms with Crippen LogP contribution in [0.25, 0.3) is 10.9 Å². The summed E-state index contributed by atoms with van der Waals surface area (Å²) >= 11 is 12.2. The van der Waals surface area contributed by atoms with Gasteiger partial charge in [-0.2, -0.15) is 0 Å². The van der Waals surface area contributed by atoms with Gasteiger partial charge in [0.15, 0.2) is 6.29 Å². The van der Waals surface area contributed by atoms with Gasteiger partial charge >= 0.3 is 0 Å². The van der Waals surface area contributed by atoms with Crippen molar-refractivity contribution in [3.8, 4) is 0 Å². The molecule has 4 heteroatoms. The molecule has 90 valence electrons. The van der Waals surface area contributed by atoms with E-state index in [1.54, 1.807) is 6.07 Å². The zero-order valence-electron chi connectivity index (χ0n) is 9.71. The minimum Gasteiger partial charge on any atom is -0.331 e. The number of aldehydes is 1. The van der Waals surface area contributed by atoms with Crippen LogP contribution in [0.2, 0.25) is 10.2 Å². The molecule has 0 aliphatic heterocycles. The molecule has 0 amide bonds. The van der Waals surface area contributed by atoms with E-state index in [4.69, 9.17) is 23.2 Å². The number of carbonyl (C=O) groups excluding carboxylic acids is 1. The van der Waals surface area contributed by atoms with Crippen molar-refractivity contribution < 1.29 is 4.79 Å². The number of carbonyl (C=O) groups is 1. The third kappa shape index (κ3) is 2.20. The van der Waals surface area contributed by atoms with E-state index >= 15 is 0 Å². The Bertz CT molecular complexity index is 572. The van der Waals surface area contributed by atoms with Crippen LogP contribution >= 0.6 is 23.2 Å². The van der Waals surface area contributed by atoms with E-state index in [0.29, 0.717) is 21.7 Å². The van der Waals surface area contributed by atoms with E-state index in [2.05, 4.69) is 13.8 Å². The lowest BCUT2D eigenvalue weighted by atomic mass is 10.2. The molecule has 0 saturated heterocycles. The van der Waals surface area contributed by atoms with Crippen molar-refractivity contribution in [3.63, 3.8) is 0 Å². The van der Waals surface area contributed by atoms with Crippen LogP contribution < -0.4 is 0 Å². The molecule has 0 fully saturated rings. The Morgan fingerprint density at radius 2 is 2.06 bits per heavy atom. The molecule has 2 rings (SSSR count). The molecule has 0 unspecified atom stereocenters. The number of rotatable bonds is 3. The second-order valence-electron chi connectivity index (χ2n) is 4.49. The van der Waals surface area contributed by atoms with E-state index < -0.39 is 0 Å². The standard InChI is InChI=1S/C13H13Cl2NO/c1-8(2)6-16-12-5-9(14)3-4-10(12)11(7-17)13(16)15/h3-5,7-8H,6H2,1-2H3. The zero-order valence-corrected chi connectivity index (χ0v) is 11.2. The minimum atomic E-state index is 0.446. The molecule has 0 spiro atoms. The quantitative estimate of drug-likeness (QED) is 0.757. The fourth-order valence-electron chi connectivity index (χ4n) is 1.97. The van der Waals surface area contributed by atoms with Crippen molar-refractivity contribution in [2.45, 2.75) is 20.4 Å². The van der Waals surface area contributed by atoms with Crippen molar-refractivity contribution in [1.29, 1.82) is 0 Å². The molecule has 0 aliphatic rings. The Morgan fingerprint density at radius 3 is 2.65 bits per heavy atom. The van der Waals surface area contributed by atoms with E-state index in [1.807, 2.05) is 16.7 Å². The Balaban J connectivity index is 2.75. The van der Waals surface area contributed by atoms with Gasteiger partial charge in [0.1, 0.15) is 5.15 Å². The summed E-state index contributed by atoms with van der Waals surface area (Å²) in [6.45, 7) is 4.98. The second kappa shape index (κ2) is 4.71. The average Bonchev–Trinajstić information content (AvgIpc) is 2.51. The second-order valence-corrected chi connectivity index (χ2v) is 5.28. The molecular formula is C13H13Cl2NO. The van der Waals surface area contributed by atoms with Gasteiger partial charge in [0, 0.05) is 17.0 Å². The maximum atomic E-state index is 11.1. The van der Waals surface area contributed by atoms with E-state index in [0.717, 1.165) is 23.7 Å². The largest absolute Gasteiger partial charge is 0.331 e. The van der Waals surface area contributed by atoms with Gasteiger partial charge in [-0.3, -0.25) is 4.79 Å². The predicted molar refractivity (Wildman–Crippen MR) is 72.2 cm³/mol. The maximum Gasteiger partial charge on any atom is 0.153 e. The van der Waals surface area contributed by atoms with Crippen molar-refractivity contribution in [3.05, 3.63) is 33.9 Å². The topological polar surface area (TPSA) is 22.0 Å². The van der Waals surface area contributed by atoms with Crippen molar-refractivity contribution in [2.24, 2.45) is 5.92 Å². The van der Waals surface area contributed by atoms with E-state index in [9.17, 15) is 4.79 Å². The molecule has 0 N–H and O–H groups in total. The number of halogens is 2. The molecule has 1 aromatic carbocycles. The maximum absolute atomic E-state index is 11.1. The summed E-state index contributed by atoms with van der Waals surface area (Å²) in [7, 11) is 0. The van der Waals surface area contributed by atoms with Crippen LogP contribution in [-0.2, 0) is 6.54 Å². The van der Waals surface area contributed by atoms with Crippen LogP contribution in [0, 0.1) is 5.92 Å². The lowest BCUT2D eigenvalue weighted by Gasteiger charge is -2.09. The van der Waals surface area contributed by atoms with Crippen LogP contribution in [0.15, 0.2) is 18.2 Å². The summed E-state index contributed by atoms with van der Waals surface area (Å²) in [4.78, 5) is 11.1. The normalized spacial score (nSPS) is 11.4. The molecule has 2 nitrogen and oxygen atoms in total. The van der Waals surface area contributed by atoms with Crippen molar-refractivity contribution >= 4 is 40.4 Å². The molecule has 0 radical (unpaired) electrons. The third-order valence-electron chi connectivity index (χ3n) is 2.67. The Morgan fingerprint density at radius 1 is 1.35 bits per heavy atom. The number of nitrogens with zero attached hydrogens (tertiary/aromatic N) is 1. The first-order valence-corrected chi connectivity index (χ1v) is 6.22. The zero-order chi connectivity index (χ0) is 12.6. The molecule has 1 heterocycles. The van der Waals surface area contributed by atoms with Gasteiger partial charge in [-0.15, -0.1) is 0 Å². The Labute approximate surface area is 110 Å². The molecule has 0 bridgehead atoms. The first-order valence-electron chi connectivity index (χ1n) is 5.47. The Hall–Kier alpha value is -0.990. The fourth-order valence-corrected chi connectivity index (χ4v) is 2.45. The summed E-state index contributed by atoms with van der Waals surface area (Å²) < 4.78 is 1.94. The lowest BCUT2D eigenvalue weighted by molar-refractivity contribution is 0.112. The van der Waals surface area contributed by atoms with Crippen LogP contribution in [0.4, 0.5) is 0 Å². The van der Waals surface area contributed by atoms with Crippen LogP contribution in [0.3, 0.4) is 0 Å². The summed E-state index contributed by atoms with van der Waals surface area (Å²) in [6, 6.07) is 5.45. The number of hydrogen-bond acceptors (Lipinski definition) is 1. The third-order valence-corrected chi connectivity index (χ3v) is 3.31. The first-order chi connectivity index (χ1) is 8.04. The van der Waals surface area contributed by atoms with Gasteiger partial charge in [0.2, 0.25) is 0 Å². The number of fused-ring (bicyclic) bond motifs is 1. The highest BCUT2D eigenvalue weighted by atomic mass is 35.5. The van der Waals surface area contributed by atoms with Gasteiger partial charge in [-0.25, -0.2) is 0 Å². The lowest BCUT2D eigenvalue weighted by Crippen LogP contribution is -2.04. The monoisotopic (exact) mass is 269 g/mol. The first kappa shape index (κ1) is 12.5. The van der Waals surface area contributed by atoms with Crippen molar-refractivity contribution in [1.82, 2.24) is 4.57 Å². The summed E-state index contributed by atoms with van der Waals surface area (Å²) in [5, 5.41) is 2.00. The van der Waals surface area contributed by atoms with Gasteiger partial charge < -0.3 is 4.57 Å². The number of aromatic nitrogens is 1. The van der Waals surface area contributed by atoms with Crippen LogP contribution in [0.5, 0.6) is 0 Å². The summed E-state index contributed by atoms with van der Waals surface area (Å²) in [5.74, 6) is 0.446. The highest BCUT2D eigenvalue weighted by molar-refractivity contribution is 6.35. The fraction of sp³-hybridized carbons (Fsp3) is 0.308. The van der Waals surface area contributed by atoms with Gasteiger partial charge in [-0.05, 0) is 18.1 Å². The summed E-state index contributed by atoms with van der Waals surface area (Å²) in [5.41, 5.74) is 1.46. The predicted octanol–water partition coefficient (Wildman–Crippen LogP) is 4.42. The minimum absolute atomic E-state index is 0.446. The molecule has 17 heavy (non-hydrogen) atoms. The van der Waals surface area contributed by atoms with Gasteiger partial charge in [-0.1, -0.05) is 43.1 Å². The molecule has 0 atom stereocenters. The van der Waals surface area contributed by atoms with Crippen LogP contribution in [-0.4, -0.2) is 10.9 Å². The molecule has 1 aromatic heterocycles. The molecular weight excluding hydrogens is 257 g/mol. The van der Waals surface area contributed by atoms with E-state index in [-0.39, 0.29) is 0 Å². The summed E-state index contributed by atoms with van der Waals surface area (Å²) in [6.07, 6.45) is 0.801. The Kier molecular flexibility index (Phi) is 3.45. The van der Waals surface area contributed by atoms with E-state index in [1.165, 1.54) is 0 Å². The smallest absolute Gasteiger partial charge is 0.153 e. The average molecular weight is 270 g/mol. The van der Waals surface area contributed by atoms with Crippen LogP contribution in [0.1, 0.15) is 24.2 Å². The highest BCUT2D eigenvalue weighted by Crippen LogP contribution is 2.31. The van der Waals surface area contributed by atoms with Gasteiger partial charge in [0.25, 0.3) is 0 Å². The van der Waals surface area contributed by atoms with Crippen molar-refractivity contribution in [2.75, 3.05) is 0 Å². The molecule has 0 saturated carbocycles. The molecule has 2 aromatic rings. The highest BCUT2D eigenvalue weighted by Gasteiger charge is 2.15. The van der Waals surface area contributed by atoms with Gasteiger partial charge in [0.05, 0.1) is 11.1 Å². The number of benzene rings is 1. The SMILES string of the molecule is CC(C)Cn1c(Cl)c(C=O)c2ccc(Cl)cc21.